The van der Waals surface area contributed by atoms with Crippen LogP contribution in [0, 0.1) is 0 Å². The van der Waals surface area contributed by atoms with E-state index < -0.39 is 0 Å². The summed E-state index contributed by atoms with van der Waals surface area (Å²) in [5.41, 5.74) is 7.24. The van der Waals surface area contributed by atoms with E-state index in [1.54, 1.807) is 23.5 Å². The van der Waals surface area contributed by atoms with Gasteiger partial charge in [-0.3, -0.25) is 0 Å². The third-order valence-corrected chi connectivity index (χ3v) is 8.50. The highest BCUT2D eigenvalue weighted by Crippen LogP contribution is 2.38. The van der Waals surface area contributed by atoms with E-state index in [2.05, 4.69) is 101 Å². The van der Waals surface area contributed by atoms with E-state index in [-0.39, 0.29) is 0 Å². The van der Waals surface area contributed by atoms with Crippen LogP contribution in [0.5, 0.6) is 0 Å². The van der Waals surface area contributed by atoms with Gasteiger partial charge < -0.3 is 0 Å². The Kier molecular flexibility index (Phi) is 12.2. The molecule has 1 heterocycles. The molecule has 2 aromatic carbocycles. The van der Waals surface area contributed by atoms with E-state index in [0.29, 0.717) is 0 Å². The lowest BCUT2D eigenvalue weighted by molar-refractivity contribution is 1.35. The highest BCUT2D eigenvalue weighted by Gasteiger charge is 2.13. The lowest BCUT2D eigenvalue weighted by Crippen LogP contribution is -2.51. The average Bonchev–Trinajstić information content (AvgIpc) is 3.39. The summed E-state index contributed by atoms with van der Waals surface area (Å²) in [5, 5.41) is 5.28. The average molecular weight is 591 g/mol. The third kappa shape index (κ3) is 6.80. The number of hydrogen-bond donors (Lipinski definition) is 0. The van der Waals surface area contributed by atoms with Crippen molar-refractivity contribution in [2.75, 3.05) is 0 Å². The highest BCUT2D eigenvalue weighted by atomic mass is 32.1. The van der Waals surface area contributed by atoms with Gasteiger partial charge in [0.25, 0.3) is 0 Å². The van der Waals surface area contributed by atoms with Crippen LogP contribution < -0.4 is 20.9 Å². The minimum Gasteiger partial charge on any atom is -0.135 e. The fourth-order valence-electron chi connectivity index (χ4n) is 5.39. The van der Waals surface area contributed by atoms with Gasteiger partial charge in [0.15, 0.2) is 0 Å². The molecule has 0 unspecified atom stereocenters. The Morgan fingerprint density at radius 2 is 1.32 bits per heavy atom. The Hall–Kier alpha value is -4.98. The van der Waals surface area contributed by atoms with E-state index in [4.69, 9.17) is 0 Å². The molecule has 0 N–H and O–H groups in total. The zero-order chi connectivity index (χ0) is 32.2. The maximum Gasteiger partial charge on any atom is 0.0433 e. The number of rotatable bonds is 12. The van der Waals surface area contributed by atoms with Crippen molar-refractivity contribution in [3.63, 3.8) is 0 Å². The SMILES string of the molecule is C=CC=c1c(C=C)c(/C=C\C)c(=C/C(=C)C(=C/C)/C=C(\C=C)c2cccc3c(C=C)c(/C=C\C)sc23)/c(=C\C=C)c1=CC=C. The fourth-order valence-corrected chi connectivity index (χ4v) is 6.70. The van der Waals surface area contributed by atoms with E-state index in [0.717, 1.165) is 59.8 Å². The molecular weight excluding hydrogens is 549 g/mol. The summed E-state index contributed by atoms with van der Waals surface area (Å²) in [6.07, 6.45) is 32.0. The van der Waals surface area contributed by atoms with Gasteiger partial charge in [-0.15, -0.1) is 11.3 Å². The number of benzene rings is 2. The Balaban J connectivity index is 2.41. The summed E-state index contributed by atoms with van der Waals surface area (Å²) in [6, 6.07) is 6.41. The van der Waals surface area contributed by atoms with Crippen LogP contribution in [0.4, 0.5) is 0 Å². The predicted molar refractivity (Wildman–Crippen MR) is 206 cm³/mol. The van der Waals surface area contributed by atoms with Crippen molar-refractivity contribution in [3.8, 4) is 0 Å². The van der Waals surface area contributed by atoms with Crippen LogP contribution in [-0.4, -0.2) is 0 Å². The summed E-state index contributed by atoms with van der Waals surface area (Å²) in [7, 11) is 0. The van der Waals surface area contributed by atoms with Crippen LogP contribution in [-0.2, 0) is 0 Å². The molecule has 0 aliphatic carbocycles. The van der Waals surface area contributed by atoms with Gasteiger partial charge in [0.05, 0.1) is 0 Å². The van der Waals surface area contributed by atoms with Crippen LogP contribution in [0.25, 0.3) is 64.3 Å². The van der Waals surface area contributed by atoms with Crippen LogP contribution in [0.2, 0.25) is 0 Å². The van der Waals surface area contributed by atoms with Gasteiger partial charge in [-0.05, 0) is 98.8 Å². The molecule has 0 bridgehead atoms. The molecule has 0 nitrogen and oxygen atoms in total. The lowest BCUT2D eigenvalue weighted by Gasteiger charge is -2.11. The molecule has 44 heavy (non-hydrogen) atoms. The van der Waals surface area contributed by atoms with Gasteiger partial charge in [-0.2, -0.15) is 0 Å². The van der Waals surface area contributed by atoms with Crippen LogP contribution >= 0.6 is 11.3 Å². The molecule has 0 atom stereocenters. The van der Waals surface area contributed by atoms with E-state index in [1.165, 1.54) is 15.0 Å². The van der Waals surface area contributed by atoms with Crippen molar-refractivity contribution in [2.45, 2.75) is 20.8 Å². The van der Waals surface area contributed by atoms with Crippen molar-refractivity contribution < 1.29 is 0 Å². The van der Waals surface area contributed by atoms with Crippen molar-refractivity contribution in [3.05, 3.63) is 172 Å². The largest absolute Gasteiger partial charge is 0.135 e. The zero-order valence-electron chi connectivity index (χ0n) is 26.3. The Labute approximate surface area is 267 Å². The molecule has 220 valence electrons. The van der Waals surface area contributed by atoms with Crippen molar-refractivity contribution in [1.29, 1.82) is 0 Å². The summed E-state index contributed by atoms with van der Waals surface area (Å²) in [5.74, 6) is 0. The molecule has 0 aliphatic heterocycles. The minimum absolute atomic E-state index is 0.871. The molecule has 0 radical (unpaired) electrons. The first-order valence-electron chi connectivity index (χ1n) is 14.6. The standard InChI is InChI=1S/C43H42S/c1-11-21-36-33(18-8)37(22-12-2)41(39(24-14-4)38(36)23-13-3)28-30(10)31(16-6)29-32(17-7)35-26-20-27-40-34(19-9)42(25-15-5)44-43(35)40/h11-29H,1,3-4,7-10H2,2,5-6H3/b22-12-,25-15-,31-16+,32-29+,36-21?,38-23?,39-24-,41-28-. The zero-order valence-corrected chi connectivity index (χ0v) is 27.1. The summed E-state index contributed by atoms with van der Waals surface area (Å²) >= 11 is 1.77. The monoisotopic (exact) mass is 590 g/mol. The van der Waals surface area contributed by atoms with Gasteiger partial charge in [0.1, 0.15) is 0 Å². The quantitative estimate of drug-likeness (QED) is 0.184. The minimum atomic E-state index is 0.871. The maximum atomic E-state index is 4.55. The van der Waals surface area contributed by atoms with Crippen molar-refractivity contribution in [2.24, 2.45) is 0 Å². The number of fused-ring (bicyclic) bond motifs is 1. The molecule has 3 rings (SSSR count). The summed E-state index contributed by atoms with van der Waals surface area (Å²) < 4.78 is 1.21. The second-order valence-electron chi connectivity index (χ2n) is 9.88. The molecule has 0 amide bonds. The Morgan fingerprint density at radius 1 is 0.705 bits per heavy atom. The topological polar surface area (TPSA) is 0 Å². The third-order valence-electron chi connectivity index (χ3n) is 7.28. The molecule has 0 spiro atoms. The number of hydrogen-bond acceptors (Lipinski definition) is 1. The molecule has 0 aliphatic rings. The van der Waals surface area contributed by atoms with Crippen molar-refractivity contribution >= 4 is 75.6 Å². The maximum absolute atomic E-state index is 4.55. The molecule has 3 aromatic rings. The molecule has 1 aromatic heterocycles. The van der Waals surface area contributed by atoms with Gasteiger partial charge in [-0.25, -0.2) is 0 Å². The molecule has 0 saturated heterocycles. The van der Waals surface area contributed by atoms with Gasteiger partial charge in [0.2, 0.25) is 0 Å². The Morgan fingerprint density at radius 3 is 1.86 bits per heavy atom. The summed E-state index contributed by atoms with van der Waals surface area (Å²) in [6.45, 7) is 35.0. The first-order chi connectivity index (χ1) is 21.4. The van der Waals surface area contributed by atoms with Crippen LogP contribution in [0.1, 0.15) is 47.9 Å². The first kappa shape index (κ1) is 33.5. The normalized spacial score (nSPS) is 14.2. The van der Waals surface area contributed by atoms with Gasteiger partial charge >= 0.3 is 0 Å². The molecule has 0 saturated carbocycles. The van der Waals surface area contributed by atoms with Gasteiger partial charge in [-0.1, -0.05) is 143 Å². The molecule has 0 fully saturated rings. The second-order valence-corrected chi connectivity index (χ2v) is 10.9. The van der Waals surface area contributed by atoms with Crippen LogP contribution in [0.15, 0.2) is 124 Å². The number of thiophene rings is 1. The number of allylic oxidation sites excluding steroid dienone is 11. The molecule has 1 heteroatoms. The van der Waals surface area contributed by atoms with E-state index in [1.807, 2.05) is 69.4 Å². The predicted octanol–water partition coefficient (Wildman–Crippen LogP) is 9.71. The second kappa shape index (κ2) is 16.0. The first-order valence-corrected chi connectivity index (χ1v) is 15.4. The van der Waals surface area contributed by atoms with E-state index >= 15 is 0 Å². The Bertz CT molecular complexity index is 2040. The van der Waals surface area contributed by atoms with E-state index in [9.17, 15) is 0 Å². The lowest BCUT2D eigenvalue weighted by atomic mass is 9.93. The molecular formula is C43H42S. The van der Waals surface area contributed by atoms with Crippen LogP contribution in [0.3, 0.4) is 0 Å². The van der Waals surface area contributed by atoms with Gasteiger partial charge in [0, 0.05) is 15.0 Å². The smallest absolute Gasteiger partial charge is 0.0433 e. The fraction of sp³-hybridized carbons (Fsp3) is 0.0698. The highest BCUT2D eigenvalue weighted by molar-refractivity contribution is 7.20. The van der Waals surface area contributed by atoms with Crippen molar-refractivity contribution in [1.82, 2.24) is 0 Å². The summed E-state index contributed by atoms with van der Waals surface area (Å²) in [4.78, 5) is 1.20.